The molecule has 196 valence electrons. The Hall–Kier alpha value is -3.22. The zero-order valence-corrected chi connectivity index (χ0v) is 26.2. The van der Waals surface area contributed by atoms with Crippen molar-refractivity contribution in [2.45, 2.75) is 11.8 Å². The molecule has 8 rings (SSSR count). The van der Waals surface area contributed by atoms with Crippen molar-refractivity contribution >= 4 is 6.54 Å². The molecule has 2 aliphatic rings. The predicted molar refractivity (Wildman–Crippen MR) is 158 cm³/mol. The molecule has 6 aromatic carbocycles. The van der Waals surface area contributed by atoms with Crippen LogP contribution in [0, 0.1) is 0 Å². The van der Waals surface area contributed by atoms with Crippen LogP contribution < -0.4 is 31.4 Å². The summed E-state index contributed by atoms with van der Waals surface area (Å²) >= 11 is -1.16. The van der Waals surface area contributed by atoms with Crippen molar-refractivity contribution in [1.82, 2.24) is 0 Å². The van der Waals surface area contributed by atoms with Crippen LogP contribution in [0.5, 0.6) is 0 Å². The van der Waals surface area contributed by atoms with Crippen molar-refractivity contribution in [2.24, 2.45) is 0 Å². The van der Waals surface area contributed by atoms with Crippen LogP contribution in [0.1, 0.15) is 45.2 Å². The molecule has 2 aliphatic carbocycles. The first-order valence-corrected chi connectivity index (χ1v) is 16.2. The van der Waals surface area contributed by atoms with Crippen LogP contribution in [-0.4, -0.2) is 0 Å². The first-order chi connectivity index (χ1) is 19.4. The average Bonchev–Trinajstić information content (AvgIpc) is 3.53. The Labute approximate surface area is 265 Å². The van der Waals surface area contributed by atoms with E-state index in [1.807, 2.05) is 0 Å². The molecule has 0 heterocycles. The van der Waals surface area contributed by atoms with E-state index in [1.165, 1.54) is 44.5 Å². The summed E-state index contributed by atoms with van der Waals surface area (Å²) in [6.45, 7) is 0. The Bertz CT molecular complexity index is 1710. The second kappa shape index (κ2) is 11.6. The van der Waals surface area contributed by atoms with Crippen molar-refractivity contribution in [2.75, 3.05) is 0 Å². The normalized spacial score (nSPS) is 15.3. The summed E-state index contributed by atoms with van der Waals surface area (Å²) in [5.74, 6) is 0.599. The summed E-state index contributed by atoms with van der Waals surface area (Å²) < 4.78 is 3.19. The maximum absolute atomic E-state index is 2.44. The summed E-state index contributed by atoms with van der Waals surface area (Å²) in [6, 6.07) is 54.5. The third-order valence-corrected chi connectivity index (χ3v) is 11.9. The van der Waals surface area contributed by atoms with Crippen LogP contribution in [0.3, 0.4) is 0 Å². The summed E-state index contributed by atoms with van der Waals surface area (Å²) in [6.07, 6.45) is 0. The van der Waals surface area contributed by atoms with E-state index in [1.54, 1.807) is 17.7 Å². The Morgan fingerprint density at radius 2 is 0.707 bits per heavy atom. The topological polar surface area (TPSA) is 0 Å². The van der Waals surface area contributed by atoms with Gasteiger partial charge in [-0.15, -0.1) is 0 Å². The third kappa shape index (κ3) is 4.56. The van der Waals surface area contributed by atoms with Crippen molar-refractivity contribution in [3.63, 3.8) is 0 Å². The van der Waals surface area contributed by atoms with Crippen LogP contribution >= 0.6 is 0 Å². The van der Waals surface area contributed by atoms with E-state index in [0.717, 1.165) is 0 Å². The molecule has 0 amide bonds. The third-order valence-electron chi connectivity index (χ3n) is 8.45. The number of benzene rings is 6. The van der Waals surface area contributed by atoms with Crippen LogP contribution in [0.25, 0.3) is 22.3 Å². The molecule has 0 spiro atoms. The average molecular weight is 645 g/mol. The van der Waals surface area contributed by atoms with Gasteiger partial charge in [0.2, 0.25) is 0 Å². The number of hydrogen-bond acceptors (Lipinski definition) is 0. The Morgan fingerprint density at radius 1 is 0.341 bits per heavy atom. The molecule has 0 radical (unpaired) electrons. The molecule has 0 bridgehead atoms. The van der Waals surface area contributed by atoms with Crippen LogP contribution in [0.15, 0.2) is 146 Å². The quantitative estimate of drug-likeness (QED) is 0.276. The second-order valence-electron chi connectivity index (χ2n) is 10.5. The van der Waals surface area contributed by atoms with Gasteiger partial charge in [0.1, 0.15) is 0 Å². The number of hydrogen-bond donors (Lipinski definition) is 0. The fourth-order valence-corrected chi connectivity index (χ4v) is 10.5. The van der Waals surface area contributed by atoms with E-state index in [9.17, 15) is 0 Å². The molecule has 2 atom stereocenters. The molecule has 6 aromatic rings. The van der Waals surface area contributed by atoms with E-state index in [-0.39, 0.29) is 24.8 Å². The van der Waals surface area contributed by atoms with Crippen molar-refractivity contribution in [3.8, 4) is 22.3 Å². The molecule has 0 nitrogen and oxygen atoms in total. The molecule has 0 aliphatic heterocycles. The van der Waals surface area contributed by atoms with E-state index in [4.69, 9.17) is 0 Å². The second-order valence-corrected chi connectivity index (χ2v) is 13.8. The van der Waals surface area contributed by atoms with Crippen LogP contribution in [0.4, 0.5) is 0 Å². The summed E-state index contributed by atoms with van der Waals surface area (Å²) in [5, 5.41) is 0. The Balaban J connectivity index is 0.00000151. The molecular formula is C38H26Cl2Zr. The molecule has 2 unspecified atom stereocenters. The summed E-state index contributed by atoms with van der Waals surface area (Å²) in [5.41, 5.74) is 14.4. The van der Waals surface area contributed by atoms with Gasteiger partial charge in [-0.05, 0) is 0 Å². The minimum atomic E-state index is -1.16. The van der Waals surface area contributed by atoms with Crippen molar-refractivity contribution in [3.05, 3.63) is 179 Å². The van der Waals surface area contributed by atoms with Gasteiger partial charge >= 0.3 is 243 Å². The van der Waals surface area contributed by atoms with Gasteiger partial charge in [-0.2, -0.15) is 0 Å². The molecule has 0 saturated heterocycles. The Morgan fingerprint density at radius 3 is 1.15 bits per heavy atom. The zero-order valence-electron chi connectivity index (χ0n) is 22.3. The first kappa shape index (κ1) is 27.9. The molecule has 3 heteroatoms. The fourth-order valence-electron chi connectivity index (χ4n) is 6.87. The molecule has 41 heavy (non-hydrogen) atoms. The molecule has 0 saturated carbocycles. The molecular weight excluding hydrogens is 619 g/mol. The van der Waals surface area contributed by atoms with Gasteiger partial charge in [0, 0.05) is 0 Å². The molecule has 0 fully saturated rings. The van der Waals surface area contributed by atoms with Crippen molar-refractivity contribution in [1.29, 1.82) is 0 Å². The van der Waals surface area contributed by atoms with E-state index in [2.05, 4.69) is 146 Å². The van der Waals surface area contributed by atoms with Gasteiger partial charge in [0.15, 0.2) is 0 Å². The first-order valence-electron chi connectivity index (χ1n) is 13.7. The van der Waals surface area contributed by atoms with Gasteiger partial charge in [-0.25, -0.2) is 0 Å². The SMILES string of the molecule is [Cl-].[Cl-].c1ccc(C2c3ccccc3-c3ccc[c]([Zr+2][c]4cccc5c4C(c4ccccc4)c4ccccc4-5)c32)cc1. The predicted octanol–water partition coefficient (Wildman–Crippen LogP) is 2.05. The van der Waals surface area contributed by atoms with E-state index >= 15 is 0 Å². The van der Waals surface area contributed by atoms with E-state index in [0.29, 0.717) is 11.8 Å². The van der Waals surface area contributed by atoms with Crippen molar-refractivity contribution < 1.29 is 48.0 Å². The van der Waals surface area contributed by atoms with Crippen LogP contribution in [-0.2, 0) is 23.2 Å². The van der Waals surface area contributed by atoms with Gasteiger partial charge in [0.25, 0.3) is 0 Å². The Kier molecular flexibility index (Phi) is 7.89. The zero-order chi connectivity index (χ0) is 25.8. The van der Waals surface area contributed by atoms with Gasteiger partial charge in [-0.1, -0.05) is 0 Å². The summed E-state index contributed by atoms with van der Waals surface area (Å²) in [7, 11) is 0. The number of fused-ring (bicyclic) bond motifs is 6. The maximum atomic E-state index is 2.44. The molecule has 0 aromatic heterocycles. The van der Waals surface area contributed by atoms with Gasteiger partial charge < -0.3 is 24.8 Å². The standard InChI is InChI=1S/2C19H13.2ClH.Zr/c2*1-2-8-14(9-3-1)19-17-12-6-4-10-15(17)16-11-5-7-13-18(16)19;;;/h2*1-12,19H;2*1H;/q;;;;+2/p-2. The minimum absolute atomic E-state index is 0. The van der Waals surface area contributed by atoms with Gasteiger partial charge in [0.05, 0.1) is 0 Å². The molecule has 0 N–H and O–H groups in total. The number of halogens is 2. The fraction of sp³-hybridized carbons (Fsp3) is 0.0526. The van der Waals surface area contributed by atoms with Gasteiger partial charge in [-0.3, -0.25) is 0 Å². The number of rotatable bonds is 4. The van der Waals surface area contributed by atoms with E-state index < -0.39 is 23.2 Å². The van der Waals surface area contributed by atoms with Crippen LogP contribution in [0.2, 0.25) is 0 Å². The monoisotopic (exact) mass is 642 g/mol. The summed E-state index contributed by atoms with van der Waals surface area (Å²) in [4.78, 5) is 0.